The van der Waals surface area contributed by atoms with Crippen molar-refractivity contribution in [3.05, 3.63) is 29.3 Å². The molecule has 3 rings (SSSR count). The highest BCUT2D eigenvalue weighted by Crippen LogP contribution is 2.22. The van der Waals surface area contributed by atoms with Crippen LogP contribution in [0.5, 0.6) is 0 Å². The number of likely N-dealkylation sites (tertiary alicyclic amines) is 1. The Morgan fingerprint density at radius 2 is 2.35 bits per heavy atom. The molecule has 0 radical (unpaired) electrons. The zero-order valence-electron chi connectivity index (χ0n) is 13.4. The SMILES string of the molecule is CC(Cc1nc2ccccc2s1)NC(=O)CN1CCCC(O)C1. The van der Waals surface area contributed by atoms with E-state index in [0.29, 0.717) is 13.1 Å². The van der Waals surface area contributed by atoms with Crippen LogP contribution in [0, 0.1) is 0 Å². The number of hydrogen-bond acceptors (Lipinski definition) is 5. The van der Waals surface area contributed by atoms with Gasteiger partial charge in [0.1, 0.15) is 0 Å². The van der Waals surface area contributed by atoms with Crippen LogP contribution in [0.1, 0.15) is 24.8 Å². The number of hydrogen-bond donors (Lipinski definition) is 2. The first-order chi connectivity index (χ1) is 11.1. The maximum Gasteiger partial charge on any atom is 0.234 e. The number of thiazole rings is 1. The number of aliphatic hydroxyl groups excluding tert-OH is 1. The Labute approximate surface area is 140 Å². The third kappa shape index (κ3) is 4.50. The predicted octanol–water partition coefficient (Wildman–Crippen LogP) is 1.80. The Morgan fingerprint density at radius 3 is 3.13 bits per heavy atom. The molecule has 124 valence electrons. The van der Waals surface area contributed by atoms with Crippen LogP contribution < -0.4 is 5.32 Å². The summed E-state index contributed by atoms with van der Waals surface area (Å²) in [7, 11) is 0. The molecule has 23 heavy (non-hydrogen) atoms. The monoisotopic (exact) mass is 333 g/mol. The quantitative estimate of drug-likeness (QED) is 0.876. The maximum atomic E-state index is 12.1. The number of carbonyl (C=O) groups excluding carboxylic acids is 1. The molecular formula is C17H23N3O2S. The van der Waals surface area contributed by atoms with Crippen LogP contribution in [-0.4, -0.2) is 52.7 Å². The van der Waals surface area contributed by atoms with Gasteiger partial charge in [0, 0.05) is 19.0 Å². The van der Waals surface area contributed by atoms with Crippen molar-refractivity contribution in [1.82, 2.24) is 15.2 Å². The highest BCUT2D eigenvalue weighted by atomic mass is 32.1. The molecule has 2 unspecified atom stereocenters. The normalized spacial score (nSPS) is 20.5. The Balaban J connectivity index is 1.50. The van der Waals surface area contributed by atoms with Crippen molar-refractivity contribution < 1.29 is 9.90 Å². The summed E-state index contributed by atoms with van der Waals surface area (Å²) in [6.07, 6.45) is 2.24. The number of benzene rings is 1. The van der Waals surface area contributed by atoms with Crippen LogP contribution in [0.3, 0.4) is 0 Å². The van der Waals surface area contributed by atoms with E-state index in [-0.39, 0.29) is 18.1 Å². The molecule has 0 aliphatic carbocycles. The molecule has 1 amide bonds. The summed E-state index contributed by atoms with van der Waals surface area (Å²) in [4.78, 5) is 18.8. The first-order valence-corrected chi connectivity index (χ1v) is 8.96. The molecule has 2 aromatic rings. The van der Waals surface area contributed by atoms with E-state index in [1.807, 2.05) is 30.0 Å². The van der Waals surface area contributed by atoms with Crippen LogP contribution in [0.25, 0.3) is 10.2 Å². The molecule has 0 saturated carbocycles. The minimum atomic E-state index is -0.295. The smallest absolute Gasteiger partial charge is 0.234 e. The summed E-state index contributed by atoms with van der Waals surface area (Å²) >= 11 is 1.68. The number of aromatic nitrogens is 1. The molecule has 1 aromatic carbocycles. The summed E-state index contributed by atoms with van der Waals surface area (Å²) in [5, 5.41) is 13.7. The lowest BCUT2D eigenvalue weighted by atomic mass is 10.1. The number of carbonyl (C=O) groups is 1. The second-order valence-electron chi connectivity index (χ2n) is 6.28. The molecule has 6 heteroatoms. The van der Waals surface area contributed by atoms with E-state index in [4.69, 9.17) is 0 Å². The minimum Gasteiger partial charge on any atom is -0.392 e. The average Bonchev–Trinajstić information content (AvgIpc) is 2.88. The average molecular weight is 333 g/mol. The molecule has 0 spiro atoms. The summed E-state index contributed by atoms with van der Waals surface area (Å²) < 4.78 is 1.18. The van der Waals surface area contributed by atoms with Crippen molar-refractivity contribution in [2.24, 2.45) is 0 Å². The van der Waals surface area contributed by atoms with E-state index in [1.54, 1.807) is 11.3 Å². The predicted molar refractivity (Wildman–Crippen MR) is 92.6 cm³/mol. The lowest BCUT2D eigenvalue weighted by Gasteiger charge is -2.29. The summed E-state index contributed by atoms with van der Waals surface area (Å²) in [5.41, 5.74) is 1.02. The second-order valence-corrected chi connectivity index (χ2v) is 7.39. The van der Waals surface area contributed by atoms with Gasteiger partial charge in [-0.25, -0.2) is 4.98 Å². The van der Waals surface area contributed by atoms with Crippen LogP contribution in [-0.2, 0) is 11.2 Å². The topological polar surface area (TPSA) is 65.5 Å². The van der Waals surface area contributed by atoms with E-state index in [0.717, 1.165) is 36.3 Å². The number of nitrogens with one attached hydrogen (secondary N) is 1. The van der Waals surface area contributed by atoms with Crippen molar-refractivity contribution >= 4 is 27.5 Å². The molecular weight excluding hydrogens is 310 g/mol. The van der Waals surface area contributed by atoms with E-state index < -0.39 is 0 Å². The summed E-state index contributed by atoms with van der Waals surface area (Å²) in [5.74, 6) is 0.0210. The molecule has 1 fully saturated rings. The Bertz CT molecular complexity index is 640. The van der Waals surface area contributed by atoms with Gasteiger partial charge < -0.3 is 10.4 Å². The van der Waals surface area contributed by atoms with Gasteiger partial charge in [-0.1, -0.05) is 12.1 Å². The Kier molecular flexibility index (Phi) is 5.25. The first-order valence-electron chi connectivity index (χ1n) is 8.14. The number of nitrogens with zero attached hydrogens (tertiary/aromatic N) is 2. The zero-order valence-corrected chi connectivity index (χ0v) is 14.2. The van der Waals surface area contributed by atoms with Gasteiger partial charge in [0.15, 0.2) is 0 Å². The Hall–Kier alpha value is -1.50. The van der Waals surface area contributed by atoms with Crippen molar-refractivity contribution in [2.75, 3.05) is 19.6 Å². The fourth-order valence-corrected chi connectivity index (χ4v) is 4.11. The van der Waals surface area contributed by atoms with Crippen LogP contribution in [0.4, 0.5) is 0 Å². The van der Waals surface area contributed by atoms with Crippen molar-refractivity contribution in [2.45, 2.75) is 38.3 Å². The second kappa shape index (κ2) is 7.38. The van der Waals surface area contributed by atoms with Crippen molar-refractivity contribution in [3.63, 3.8) is 0 Å². The molecule has 1 aromatic heterocycles. The van der Waals surface area contributed by atoms with Gasteiger partial charge in [-0.2, -0.15) is 0 Å². The number of amides is 1. The minimum absolute atomic E-state index is 0.0210. The van der Waals surface area contributed by atoms with Crippen LogP contribution in [0.15, 0.2) is 24.3 Å². The first kappa shape index (κ1) is 16.4. The number of piperidine rings is 1. The summed E-state index contributed by atoms with van der Waals surface area (Å²) in [6.45, 7) is 3.85. The Morgan fingerprint density at radius 1 is 1.52 bits per heavy atom. The van der Waals surface area contributed by atoms with E-state index in [1.165, 1.54) is 4.70 Å². The van der Waals surface area contributed by atoms with Crippen LogP contribution in [0.2, 0.25) is 0 Å². The molecule has 5 nitrogen and oxygen atoms in total. The van der Waals surface area contributed by atoms with Gasteiger partial charge in [0.05, 0.1) is 27.9 Å². The largest absolute Gasteiger partial charge is 0.392 e. The van der Waals surface area contributed by atoms with Crippen molar-refractivity contribution in [1.29, 1.82) is 0 Å². The van der Waals surface area contributed by atoms with Gasteiger partial charge in [-0.05, 0) is 38.4 Å². The number of fused-ring (bicyclic) bond motifs is 1. The molecule has 1 aliphatic rings. The van der Waals surface area contributed by atoms with E-state index in [2.05, 4.69) is 16.4 Å². The maximum absolute atomic E-state index is 12.1. The number of para-hydroxylation sites is 1. The van der Waals surface area contributed by atoms with Crippen molar-refractivity contribution in [3.8, 4) is 0 Å². The molecule has 1 saturated heterocycles. The molecule has 2 heterocycles. The third-order valence-corrected chi connectivity index (χ3v) is 5.13. The van der Waals surface area contributed by atoms with Gasteiger partial charge >= 0.3 is 0 Å². The molecule has 2 N–H and O–H groups in total. The number of rotatable bonds is 5. The fourth-order valence-electron chi connectivity index (χ4n) is 3.02. The number of aliphatic hydroxyl groups is 1. The van der Waals surface area contributed by atoms with Gasteiger partial charge in [-0.15, -0.1) is 11.3 Å². The molecule has 2 atom stereocenters. The van der Waals surface area contributed by atoms with Gasteiger partial charge in [0.25, 0.3) is 0 Å². The number of β-amino-alcohol motifs (C(OH)–C–C–N with tert-alkyl or cyclic N) is 1. The zero-order chi connectivity index (χ0) is 16.2. The molecule has 1 aliphatic heterocycles. The highest BCUT2D eigenvalue weighted by Gasteiger charge is 2.20. The summed E-state index contributed by atoms with van der Waals surface area (Å²) in [6, 6.07) is 8.15. The lowest BCUT2D eigenvalue weighted by molar-refractivity contribution is -0.123. The van der Waals surface area contributed by atoms with E-state index >= 15 is 0 Å². The fraction of sp³-hybridized carbons (Fsp3) is 0.529. The van der Waals surface area contributed by atoms with Gasteiger partial charge in [0.2, 0.25) is 5.91 Å². The van der Waals surface area contributed by atoms with Crippen LogP contribution >= 0.6 is 11.3 Å². The standard InChI is InChI=1S/C17H23N3O2S/c1-12(9-17-19-14-6-2-3-7-15(14)23-17)18-16(22)11-20-8-4-5-13(21)10-20/h2-3,6-7,12-13,21H,4-5,8-11H2,1H3,(H,18,22). The third-order valence-electron chi connectivity index (χ3n) is 4.07. The van der Waals surface area contributed by atoms with E-state index in [9.17, 15) is 9.90 Å². The highest BCUT2D eigenvalue weighted by molar-refractivity contribution is 7.18. The van der Waals surface area contributed by atoms with Gasteiger partial charge in [-0.3, -0.25) is 9.69 Å². The molecule has 0 bridgehead atoms. The lowest BCUT2D eigenvalue weighted by Crippen LogP contribution is -2.46.